The van der Waals surface area contributed by atoms with Crippen LogP contribution in [0.25, 0.3) is 0 Å². The molecule has 1 aromatic carbocycles. The van der Waals surface area contributed by atoms with Gasteiger partial charge in [0.2, 0.25) is 0 Å². The van der Waals surface area contributed by atoms with Crippen molar-refractivity contribution in [2.45, 2.75) is 36.3 Å². The van der Waals surface area contributed by atoms with Crippen LogP contribution >= 0.6 is 11.8 Å². The highest BCUT2D eigenvalue weighted by Gasteiger charge is 2.52. The molecule has 0 spiro atoms. The van der Waals surface area contributed by atoms with Gasteiger partial charge in [-0.1, -0.05) is 0 Å². The Labute approximate surface area is 180 Å². The molecular weight excluding hydrogens is 433 g/mol. The first kappa shape index (κ1) is 22.6. The summed E-state index contributed by atoms with van der Waals surface area (Å²) in [6.07, 6.45) is 2.85. The van der Waals surface area contributed by atoms with E-state index in [0.29, 0.717) is 5.56 Å². The summed E-state index contributed by atoms with van der Waals surface area (Å²) in [6, 6.07) is 5.96. The van der Waals surface area contributed by atoms with Crippen molar-refractivity contribution in [3.63, 3.8) is 0 Å². The van der Waals surface area contributed by atoms with Gasteiger partial charge in [0.1, 0.15) is 5.54 Å². The van der Waals surface area contributed by atoms with Crippen LogP contribution < -0.4 is 10.2 Å². The molecule has 0 atom stereocenters. The highest BCUT2D eigenvalue weighted by molar-refractivity contribution is 8.00. The number of halogens is 3. The first-order valence-electron chi connectivity index (χ1n) is 9.12. The van der Waals surface area contributed by atoms with E-state index < -0.39 is 23.0 Å². The van der Waals surface area contributed by atoms with Crippen molar-refractivity contribution in [2.24, 2.45) is 0 Å². The minimum Gasteiger partial charge on any atom is -0.355 e. The number of carbonyl (C=O) groups is 3. The second kappa shape index (κ2) is 8.22. The normalized spacial score (nSPS) is 16.1. The van der Waals surface area contributed by atoms with E-state index >= 15 is 0 Å². The second-order valence-corrected chi connectivity index (χ2v) is 8.36. The van der Waals surface area contributed by atoms with Crippen LogP contribution in [0.2, 0.25) is 0 Å². The summed E-state index contributed by atoms with van der Waals surface area (Å²) in [6.45, 7) is 3.12. The van der Waals surface area contributed by atoms with Gasteiger partial charge in [0.05, 0.1) is 11.3 Å². The van der Waals surface area contributed by atoms with E-state index in [-0.39, 0.29) is 40.4 Å². The Hall–Kier alpha value is -3.08. The fourth-order valence-corrected chi connectivity index (χ4v) is 3.74. The molecule has 2 aromatic rings. The van der Waals surface area contributed by atoms with Gasteiger partial charge in [-0.25, -0.2) is 9.69 Å². The topological polar surface area (TPSA) is 82.6 Å². The number of benzene rings is 1. The quantitative estimate of drug-likeness (QED) is 0.551. The number of aromatic nitrogens is 1. The molecular formula is C20H19F3N4O3S. The monoisotopic (exact) mass is 452 g/mol. The van der Waals surface area contributed by atoms with Crippen LogP contribution in [0.5, 0.6) is 0 Å². The Balaban J connectivity index is 1.90. The average molecular weight is 452 g/mol. The van der Waals surface area contributed by atoms with Crippen LogP contribution in [0.4, 0.5) is 23.7 Å². The number of anilines is 1. The molecule has 0 radical (unpaired) electrons. The third kappa shape index (κ3) is 4.50. The van der Waals surface area contributed by atoms with Crippen LogP contribution in [-0.2, 0) is 11.3 Å². The number of urea groups is 1. The lowest BCUT2D eigenvalue weighted by molar-refractivity contribution is -0.123. The zero-order chi connectivity index (χ0) is 23.0. The van der Waals surface area contributed by atoms with Crippen LogP contribution in [-0.4, -0.2) is 45.8 Å². The van der Waals surface area contributed by atoms with Gasteiger partial charge in [0.15, 0.2) is 0 Å². The molecule has 31 heavy (non-hydrogen) atoms. The molecule has 11 heteroatoms. The Morgan fingerprint density at radius 1 is 1.16 bits per heavy atom. The molecule has 1 aliphatic rings. The minimum absolute atomic E-state index is 0.0264. The molecule has 0 unspecified atom stereocenters. The van der Waals surface area contributed by atoms with Gasteiger partial charge in [-0.15, -0.1) is 0 Å². The Morgan fingerprint density at radius 2 is 1.81 bits per heavy atom. The van der Waals surface area contributed by atoms with Crippen molar-refractivity contribution in [1.82, 2.24) is 15.2 Å². The number of nitrogens with one attached hydrogen (secondary N) is 1. The van der Waals surface area contributed by atoms with Gasteiger partial charge in [-0.3, -0.25) is 14.6 Å². The molecule has 0 aliphatic carbocycles. The highest BCUT2D eigenvalue weighted by atomic mass is 32.2. The zero-order valence-corrected chi connectivity index (χ0v) is 17.7. The van der Waals surface area contributed by atoms with Crippen molar-refractivity contribution < 1.29 is 27.6 Å². The molecule has 2 heterocycles. The van der Waals surface area contributed by atoms with Crippen molar-refractivity contribution in [3.05, 3.63) is 53.9 Å². The van der Waals surface area contributed by atoms with Crippen LogP contribution in [0, 0.1) is 0 Å². The largest absolute Gasteiger partial charge is 0.446 e. The van der Waals surface area contributed by atoms with Gasteiger partial charge in [0, 0.05) is 30.9 Å². The number of alkyl halides is 3. The summed E-state index contributed by atoms with van der Waals surface area (Å²) in [5.74, 6) is -0.905. The predicted molar refractivity (Wildman–Crippen MR) is 108 cm³/mol. The number of imide groups is 1. The van der Waals surface area contributed by atoms with Gasteiger partial charge >= 0.3 is 11.5 Å². The summed E-state index contributed by atoms with van der Waals surface area (Å²) in [7, 11) is 1.47. The summed E-state index contributed by atoms with van der Waals surface area (Å²) < 4.78 is 37.6. The summed E-state index contributed by atoms with van der Waals surface area (Å²) in [5, 5.41) is 2.50. The first-order chi connectivity index (χ1) is 14.5. The zero-order valence-electron chi connectivity index (χ0n) is 16.9. The third-order valence-corrected chi connectivity index (χ3v) is 5.60. The molecule has 1 N–H and O–H groups in total. The summed E-state index contributed by atoms with van der Waals surface area (Å²) >= 11 is -0.280. The van der Waals surface area contributed by atoms with E-state index in [2.05, 4.69) is 10.3 Å². The van der Waals surface area contributed by atoms with Crippen LogP contribution in [0.15, 0.2) is 47.6 Å². The standard InChI is InChI=1S/C20H19F3N4O3S/c1-19(2)17(29)27(13-4-6-14(7-5-13)31-20(21,22)23)18(30)26(19)11-12-8-9-25-10-15(12)16(28)24-3/h4-10H,11H2,1-3H3,(H,24,28). The van der Waals surface area contributed by atoms with Gasteiger partial charge in [-0.2, -0.15) is 13.2 Å². The number of rotatable bonds is 5. The fourth-order valence-electron chi connectivity index (χ4n) is 3.20. The SMILES string of the molecule is CNC(=O)c1cnccc1CN1C(=O)N(c2ccc(SC(F)(F)F)cc2)C(=O)C1(C)C. The molecule has 4 amide bonds. The van der Waals surface area contributed by atoms with Crippen molar-refractivity contribution in [3.8, 4) is 0 Å². The number of hydrogen-bond acceptors (Lipinski definition) is 5. The number of amides is 4. The number of carbonyl (C=O) groups excluding carboxylic acids is 3. The number of thioether (sulfide) groups is 1. The van der Waals surface area contributed by atoms with E-state index in [1.54, 1.807) is 19.9 Å². The molecule has 1 aromatic heterocycles. The van der Waals surface area contributed by atoms with Crippen LogP contribution in [0.3, 0.4) is 0 Å². The maximum atomic E-state index is 13.1. The molecule has 0 saturated carbocycles. The van der Waals surface area contributed by atoms with Crippen molar-refractivity contribution in [2.75, 3.05) is 11.9 Å². The van der Waals surface area contributed by atoms with E-state index in [0.717, 1.165) is 4.90 Å². The van der Waals surface area contributed by atoms with Gasteiger partial charge in [-0.05, 0) is 61.5 Å². The molecule has 1 saturated heterocycles. The van der Waals surface area contributed by atoms with E-state index in [1.807, 2.05) is 0 Å². The molecule has 3 rings (SSSR count). The number of hydrogen-bond donors (Lipinski definition) is 1. The van der Waals surface area contributed by atoms with Gasteiger partial charge in [0.25, 0.3) is 11.8 Å². The lowest BCUT2D eigenvalue weighted by Gasteiger charge is -2.28. The number of pyridine rings is 1. The molecule has 1 aliphatic heterocycles. The van der Waals surface area contributed by atoms with Crippen molar-refractivity contribution in [1.29, 1.82) is 0 Å². The minimum atomic E-state index is -4.44. The van der Waals surface area contributed by atoms with E-state index in [9.17, 15) is 27.6 Å². The third-order valence-electron chi connectivity index (χ3n) is 4.86. The van der Waals surface area contributed by atoms with Crippen molar-refractivity contribution >= 4 is 35.3 Å². The maximum Gasteiger partial charge on any atom is 0.446 e. The number of nitrogens with zero attached hydrogens (tertiary/aromatic N) is 3. The fraction of sp³-hybridized carbons (Fsp3) is 0.300. The Morgan fingerprint density at radius 3 is 2.39 bits per heavy atom. The average Bonchev–Trinajstić information content (AvgIpc) is 2.87. The lowest BCUT2D eigenvalue weighted by atomic mass is 10.0. The van der Waals surface area contributed by atoms with Crippen LogP contribution in [0.1, 0.15) is 29.8 Å². The van der Waals surface area contributed by atoms with E-state index in [4.69, 9.17) is 0 Å². The Bertz CT molecular complexity index is 1030. The smallest absolute Gasteiger partial charge is 0.355 e. The molecule has 0 bridgehead atoms. The molecule has 7 nitrogen and oxygen atoms in total. The summed E-state index contributed by atoms with van der Waals surface area (Å²) in [4.78, 5) is 44.4. The summed E-state index contributed by atoms with van der Waals surface area (Å²) in [5.41, 5.74) is -4.74. The lowest BCUT2D eigenvalue weighted by Crippen LogP contribution is -2.44. The predicted octanol–water partition coefficient (Wildman–Crippen LogP) is 3.80. The van der Waals surface area contributed by atoms with E-state index in [1.165, 1.54) is 48.6 Å². The second-order valence-electron chi connectivity index (χ2n) is 7.22. The maximum absolute atomic E-state index is 13.1. The molecule has 1 fully saturated rings. The Kier molecular flexibility index (Phi) is 5.99. The van der Waals surface area contributed by atoms with Gasteiger partial charge < -0.3 is 10.2 Å². The molecule has 164 valence electrons. The first-order valence-corrected chi connectivity index (χ1v) is 9.94. The highest BCUT2D eigenvalue weighted by Crippen LogP contribution is 2.39.